The van der Waals surface area contributed by atoms with Crippen molar-refractivity contribution in [3.05, 3.63) is 113 Å². The Bertz CT molecular complexity index is 1390. The van der Waals surface area contributed by atoms with Crippen molar-refractivity contribution in [2.45, 2.75) is 19.8 Å². The third-order valence-corrected chi connectivity index (χ3v) is 5.21. The molecule has 3 aromatic carbocycles. The van der Waals surface area contributed by atoms with Gasteiger partial charge < -0.3 is 0 Å². The maximum absolute atomic E-state index is 14.7. The van der Waals surface area contributed by atoms with Gasteiger partial charge in [0.05, 0.1) is 11.3 Å². The minimum absolute atomic E-state index is 0.318. The summed E-state index contributed by atoms with van der Waals surface area (Å²) in [6, 6.07) is 12.9. The van der Waals surface area contributed by atoms with Crippen LogP contribution in [-0.2, 0) is 6.42 Å². The molecule has 1 heterocycles. The Morgan fingerprint density at radius 3 is 2.18 bits per heavy atom. The molecule has 0 aliphatic heterocycles. The van der Waals surface area contributed by atoms with Crippen LogP contribution in [0.15, 0.2) is 72.9 Å². The van der Waals surface area contributed by atoms with Crippen LogP contribution in [0.1, 0.15) is 30.0 Å². The van der Waals surface area contributed by atoms with Gasteiger partial charge in [0, 0.05) is 17.3 Å². The summed E-state index contributed by atoms with van der Waals surface area (Å²) in [5, 5.41) is 0.943. The number of hydrogen-bond acceptors (Lipinski definition) is 1. The molecule has 0 aliphatic rings. The third kappa shape index (κ3) is 5.12. The van der Waals surface area contributed by atoms with E-state index in [0.29, 0.717) is 27.6 Å². The van der Waals surface area contributed by atoms with Gasteiger partial charge in [-0.05, 0) is 78.6 Å². The molecule has 0 N–H and O–H groups in total. The van der Waals surface area contributed by atoms with Crippen LogP contribution in [0.25, 0.3) is 22.0 Å². The summed E-state index contributed by atoms with van der Waals surface area (Å²) in [6.07, 6.45) is 7.49. The lowest BCUT2D eigenvalue weighted by molar-refractivity contribution is 0.511. The van der Waals surface area contributed by atoms with Gasteiger partial charge in [-0.1, -0.05) is 36.1 Å². The average molecular weight is 445 g/mol. The Balaban J connectivity index is 1.59. The highest BCUT2D eigenvalue weighted by Crippen LogP contribution is 2.24. The molecule has 0 fully saturated rings. The number of hydrogen-bond donors (Lipinski definition) is 0. The smallest absolute Gasteiger partial charge is 0.159 e. The Kier molecular flexibility index (Phi) is 6.55. The number of aromatic nitrogens is 1. The second-order valence-electron chi connectivity index (χ2n) is 7.55. The van der Waals surface area contributed by atoms with Crippen LogP contribution in [0.2, 0.25) is 0 Å². The van der Waals surface area contributed by atoms with Crippen LogP contribution in [0.4, 0.5) is 17.6 Å². The molecule has 0 radical (unpaired) electrons. The van der Waals surface area contributed by atoms with Gasteiger partial charge in [-0.3, -0.25) is 4.98 Å². The van der Waals surface area contributed by atoms with Crippen LogP contribution in [0.5, 0.6) is 0 Å². The zero-order chi connectivity index (χ0) is 23.4. The quantitative estimate of drug-likeness (QED) is 0.182. The lowest BCUT2D eigenvalue weighted by Crippen LogP contribution is -1.94. The third-order valence-electron chi connectivity index (χ3n) is 5.21. The highest BCUT2D eigenvalue weighted by molar-refractivity contribution is 5.84. The van der Waals surface area contributed by atoms with Crippen molar-refractivity contribution in [3.8, 4) is 23.1 Å². The first-order valence-corrected chi connectivity index (χ1v) is 10.4. The van der Waals surface area contributed by atoms with E-state index in [1.807, 2.05) is 19.1 Å². The van der Waals surface area contributed by atoms with Gasteiger partial charge in [-0.25, -0.2) is 17.6 Å². The summed E-state index contributed by atoms with van der Waals surface area (Å²) < 4.78 is 56.2. The molecule has 5 heteroatoms. The molecule has 0 spiro atoms. The molecular weight excluding hydrogens is 426 g/mol. The normalized spacial score (nSPS) is 11.1. The zero-order valence-corrected chi connectivity index (χ0v) is 17.8. The van der Waals surface area contributed by atoms with Gasteiger partial charge in [0.15, 0.2) is 11.6 Å². The highest BCUT2D eigenvalue weighted by Gasteiger charge is 2.12. The van der Waals surface area contributed by atoms with Crippen molar-refractivity contribution in [2.24, 2.45) is 0 Å². The first-order chi connectivity index (χ1) is 15.9. The summed E-state index contributed by atoms with van der Waals surface area (Å²) >= 11 is 0. The van der Waals surface area contributed by atoms with Crippen LogP contribution >= 0.6 is 0 Å². The molecule has 4 aromatic rings. The molecular formula is C28H19F4N. The molecule has 0 saturated carbocycles. The van der Waals surface area contributed by atoms with Gasteiger partial charge in [-0.2, -0.15) is 0 Å². The molecule has 33 heavy (non-hydrogen) atoms. The zero-order valence-electron chi connectivity index (χ0n) is 17.8. The van der Waals surface area contributed by atoms with E-state index in [9.17, 15) is 17.6 Å². The second kappa shape index (κ2) is 9.70. The fourth-order valence-electron chi connectivity index (χ4n) is 3.45. The number of aryl methyl sites for hydroxylation is 1. The largest absolute Gasteiger partial charge is 0.256 e. The minimum Gasteiger partial charge on any atom is -0.256 e. The van der Waals surface area contributed by atoms with Crippen LogP contribution in [0, 0.1) is 35.1 Å². The Morgan fingerprint density at radius 1 is 0.788 bits per heavy atom. The fourth-order valence-corrected chi connectivity index (χ4v) is 3.45. The van der Waals surface area contributed by atoms with Crippen LogP contribution in [-0.4, -0.2) is 4.98 Å². The van der Waals surface area contributed by atoms with Crippen molar-refractivity contribution in [3.63, 3.8) is 0 Å². The molecule has 0 amide bonds. The van der Waals surface area contributed by atoms with Gasteiger partial charge in [0.25, 0.3) is 0 Å². The molecule has 164 valence electrons. The van der Waals surface area contributed by atoms with E-state index in [1.165, 1.54) is 18.2 Å². The predicted molar refractivity (Wildman–Crippen MR) is 123 cm³/mol. The molecule has 0 saturated heterocycles. The lowest BCUT2D eigenvalue weighted by Gasteiger charge is -2.05. The molecule has 0 atom stereocenters. The molecule has 4 rings (SSSR count). The minimum atomic E-state index is -0.972. The first-order valence-electron chi connectivity index (χ1n) is 10.4. The number of fused-ring (bicyclic) bond motifs is 1. The number of benzene rings is 3. The Labute approximate surface area is 189 Å². The van der Waals surface area contributed by atoms with Crippen molar-refractivity contribution < 1.29 is 17.6 Å². The molecule has 1 nitrogen and oxygen atoms in total. The van der Waals surface area contributed by atoms with E-state index in [2.05, 4.69) is 22.9 Å². The average Bonchev–Trinajstić information content (AvgIpc) is 2.80. The van der Waals surface area contributed by atoms with E-state index < -0.39 is 23.3 Å². The summed E-state index contributed by atoms with van der Waals surface area (Å²) in [5.41, 5.74) is 1.88. The maximum Gasteiger partial charge on any atom is 0.159 e. The standard InChI is InChI=1S/C28H19F4N/c1-2-3-4-5-19-8-11-28(33-17-19)22-15-24(29)23(25(30)16-22)10-7-18-6-9-20-13-26(31)27(32)14-21(20)12-18/h2-3,6,8-9,11-17H,4-5H2,1H3/b3-2+. The number of rotatable bonds is 4. The van der Waals surface area contributed by atoms with Crippen molar-refractivity contribution in [2.75, 3.05) is 0 Å². The molecule has 0 bridgehead atoms. The van der Waals surface area contributed by atoms with Gasteiger partial charge in [0.1, 0.15) is 11.6 Å². The van der Waals surface area contributed by atoms with E-state index in [4.69, 9.17) is 0 Å². The monoisotopic (exact) mass is 445 g/mol. The van der Waals surface area contributed by atoms with Crippen molar-refractivity contribution in [1.29, 1.82) is 0 Å². The summed E-state index contributed by atoms with van der Waals surface area (Å²) in [5.74, 6) is 1.69. The van der Waals surface area contributed by atoms with Crippen molar-refractivity contribution in [1.82, 2.24) is 4.98 Å². The van der Waals surface area contributed by atoms with Gasteiger partial charge in [0.2, 0.25) is 0 Å². The van der Waals surface area contributed by atoms with Gasteiger partial charge in [-0.15, -0.1) is 0 Å². The highest BCUT2D eigenvalue weighted by atomic mass is 19.2. The number of halogens is 4. The van der Waals surface area contributed by atoms with Crippen LogP contribution < -0.4 is 0 Å². The van der Waals surface area contributed by atoms with E-state index >= 15 is 0 Å². The number of allylic oxidation sites excluding steroid dienone is 2. The Hall–Kier alpha value is -3.91. The van der Waals surface area contributed by atoms with Gasteiger partial charge >= 0.3 is 0 Å². The predicted octanol–water partition coefficient (Wildman–Crippen LogP) is 7.37. The number of pyridine rings is 1. The lowest BCUT2D eigenvalue weighted by atomic mass is 10.0. The summed E-state index contributed by atoms with van der Waals surface area (Å²) in [7, 11) is 0. The Morgan fingerprint density at radius 2 is 1.52 bits per heavy atom. The number of nitrogens with zero attached hydrogens (tertiary/aromatic N) is 1. The SMILES string of the molecule is C/C=C/CCc1ccc(-c2cc(F)c(C#Cc3ccc4cc(F)c(F)cc4c3)c(F)c2)nc1. The first kappa shape index (κ1) is 22.3. The topological polar surface area (TPSA) is 12.9 Å². The second-order valence-corrected chi connectivity index (χ2v) is 7.55. The van der Waals surface area contributed by atoms with Crippen LogP contribution in [0.3, 0.4) is 0 Å². The fraction of sp³-hybridized carbons (Fsp3) is 0.107. The maximum atomic E-state index is 14.7. The van der Waals surface area contributed by atoms with E-state index in [-0.39, 0.29) is 5.56 Å². The van der Waals surface area contributed by atoms with E-state index in [1.54, 1.807) is 24.4 Å². The van der Waals surface area contributed by atoms with E-state index in [0.717, 1.165) is 30.5 Å². The molecule has 0 aliphatic carbocycles. The van der Waals surface area contributed by atoms with Crippen molar-refractivity contribution >= 4 is 10.8 Å². The summed E-state index contributed by atoms with van der Waals surface area (Å²) in [6.45, 7) is 1.96. The molecule has 1 aromatic heterocycles. The summed E-state index contributed by atoms with van der Waals surface area (Å²) in [4.78, 5) is 4.32. The molecule has 0 unspecified atom stereocenters.